The number of nitrogens with one attached hydrogen (secondary N) is 1. The first kappa shape index (κ1) is 19.3. The molecule has 0 fully saturated rings. The Morgan fingerprint density at radius 2 is 1.53 bits per heavy atom. The largest absolute Gasteiger partial charge is 0.497 e. The van der Waals surface area contributed by atoms with Crippen LogP contribution < -0.4 is 10.1 Å². The number of tetrazole rings is 1. The second-order valence-corrected chi connectivity index (χ2v) is 6.68. The number of carbonyl (C=O) groups is 1. The Kier molecular flexibility index (Phi) is 5.80. The Morgan fingerprint density at radius 3 is 2.10 bits per heavy atom. The third-order valence-corrected chi connectivity index (χ3v) is 4.80. The lowest BCUT2D eigenvalue weighted by Crippen LogP contribution is -2.30. The summed E-state index contributed by atoms with van der Waals surface area (Å²) in [6, 6.07) is 26.8. The number of methoxy groups -OCH3 is 1. The number of hydrogen-bond acceptors (Lipinski definition) is 5. The predicted molar refractivity (Wildman–Crippen MR) is 112 cm³/mol. The van der Waals surface area contributed by atoms with Gasteiger partial charge in [-0.3, -0.25) is 4.79 Å². The normalized spacial score (nSPS) is 10.7. The highest BCUT2D eigenvalue weighted by Crippen LogP contribution is 2.25. The Balaban J connectivity index is 1.54. The van der Waals surface area contributed by atoms with E-state index in [1.54, 1.807) is 11.8 Å². The molecule has 0 aliphatic carbocycles. The van der Waals surface area contributed by atoms with Crippen molar-refractivity contribution in [2.75, 3.05) is 7.11 Å². The number of rotatable bonds is 7. The van der Waals surface area contributed by atoms with E-state index in [4.69, 9.17) is 4.74 Å². The molecule has 4 rings (SSSR count). The fraction of sp³-hybridized carbons (Fsp3) is 0.130. The van der Waals surface area contributed by atoms with Crippen molar-refractivity contribution < 1.29 is 9.53 Å². The molecule has 150 valence electrons. The van der Waals surface area contributed by atoms with Crippen molar-refractivity contribution in [2.45, 2.75) is 12.5 Å². The van der Waals surface area contributed by atoms with Crippen LogP contribution in [0.15, 0.2) is 84.9 Å². The van der Waals surface area contributed by atoms with Crippen LogP contribution in [0.5, 0.6) is 5.75 Å². The number of benzene rings is 3. The van der Waals surface area contributed by atoms with Crippen molar-refractivity contribution in [1.82, 2.24) is 25.5 Å². The number of ether oxygens (including phenoxy) is 1. The topological polar surface area (TPSA) is 81.9 Å². The van der Waals surface area contributed by atoms with E-state index in [0.29, 0.717) is 5.82 Å². The van der Waals surface area contributed by atoms with E-state index in [9.17, 15) is 4.79 Å². The molecule has 0 aliphatic rings. The number of carbonyl (C=O) groups excluding carboxylic acids is 1. The van der Waals surface area contributed by atoms with Gasteiger partial charge in [-0.1, -0.05) is 60.7 Å². The number of amides is 1. The maximum Gasteiger partial charge on any atom is 0.232 e. The molecule has 0 aliphatic heterocycles. The van der Waals surface area contributed by atoms with Crippen LogP contribution in [0, 0.1) is 0 Å². The van der Waals surface area contributed by atoms with E-state index < -0.39 is 5.92 Å². The van der Waals surface area contributed by atoms with E-state index in [-0.39, 0.29) is 12.5 Å². The zero-order chi connectivity index (χ0) is 20.8. The first-order valence-corrected chi connectivity index (χ1v) is 9.55. The molecule has 0 atom stereocenters. The van der Waals surface area contributed by atoms with Crippen LogP contribution in [0.25, 0.3) is 5.69 Å². The molecule has 30 heavy (non-hydrogen) atoms. The minimum atomic E-state index is -0.419. The molecular weight excluding hydrogens is 378 g/mol. The molecule has 1 aromatic heterocycles. The fourth-order valence-electron chi connectivity index (χ4n) is 3.29. The van der Waals surface area contributed by atoms with Gasteiger partial charge in [0.15, 0.2) is 5.82 Å². The van der Waals surface area contributed by atoms with Gasteiger partial charge in [-0.05, 0) is 45.8 Å². The lowest BCUT2D eigenvalue weighted by Gasteiger charge is -2.17. The summed E-state index contributed by atoms with van der Waals surface area (Å²) in [5.74, 6) is 0.748. The van der Waals surface area contributed by atoms with Gasteiger partial charge in [0.2, 0.25) is 5.91 Å². The molecule has 0 saturated heterocycles. The third kappa shape index (κ3) is 4.20. The van der Waals surface area contributed by atoms with E-state index in [2.05, 4.69) is 20.8 Å². The van der Waals surface area contributed by atoms with Gasteiger partial charge < -0.3 is 10.1 Å². The van der Waals surface area contributed by atoms with Crippen molar-refractivity contribution >= 4 is 5.91 Å². The molecule has 0 bridgehead atoms. The fourth-order valence-corrected chi connectivity index (χ4v) is 3.29. The maximum absolute atomic E-state index is 13.2. The predicted octanol–water partition coefficient (Wildman–Crippen LogP) is 3.12. The molecule has 4 aromatic rings. The number of aromatic nitrogens is 4. The summed E-state index contributed by atoms with van der Waals surface area (Å²) in [7, 11) is 1.61. The smallest absolute Gasteiger partial charge is 0.232 e. The van der Waals surface area contributed by atoms with Crippen molar-refractivity contribution in [3.8, 4) is 11.4 Å². The summed E-state index contributed by atoms with van der Waals surface area (Å²) in [6.45, 7) is 0.202. The molecule has 3 aromatic carbocycles. The molecule has 7 nitrogen and oxygen atoms in total. The highest BCUT2D eigenvalue weighted by atomic mass is 16.5. The van der Waals surface area contributed by atoms with Crippen LogP contribution >= 0.6 is 0 Å². The second-order valence-electron chi connectivity index (χ2n) is 6.68. The molecule has 0 unspecified atom stereocenters. The monoisotopic (exact) mass is 399 g/mol. The quantitative estimate of drug-likeness (QED) is 0.516. The zero-order valence-electron chi connectivity index (χ0n) is 16.5. The van der Waals surface area contributed by atoms with Crippen LogP contribution in [0.2, 0.25) is 0 Å². The van der Waals surface area contributed by atoms with Crippen molar-refractivity contribution in [1.29, 1.82) is 0 Å². The number of hydrogen-bond donors (Lipinski definition) is 1. The van der Waals surface area contributed by atoms with E-state index >= 15 is 0 Å². The Bertz CT molecular complexity index is 1060. The summed E-state index contributed by atoms with van der Waals surface area (Å²) in [5, 5.41) is 14.9. The molecule has 1 heterocycles. The van der Waals surface area contributed by atoms with Gasteiger partial charge in [0.05, 0.1) is 25.3 Å². The van der Waals surface area contributed by atoms with E-state index in [1.165, 1.54) is 0 Å². The van der Waals surface area contributed by atoms with Crippen molar-refractivity contribution in [3.05, 3.63) is 102 Å². The summed E-state index contributed by atoms with van der Waals surface area (Å²) >= 11 is 0. The standard InChI is InChI=1S/C23H21N5O2/c1-30-20-14-12-19(13-15-20)28-21(25-26-27-28)16-24-23(29)22(17-8-4-2-5-9-17)18-10-6-3-7-11-18/h2-15,22H,16H2,1H3,(H,24,29). The summed E-state index contributed by atoms with van der Waals surface area (Å²) in [4.78, 5) is 13.2. The van der Waals surface area contributed by atoms with Gasteiger partial charge in [0.1, 0.15) is 5.75 Å². The second kappa shape index (κ2) is 9.00. The Hall–Kier alpha value is -4.00. The molecule has 0 saturated carbocycles. The van der Waals surface area contributed by atoms with Gasteiger partial charge in [-0.2, -0.15) is 4.68 Å². The van der Waals surface area contributed by atoms with Gasteiger partial charge in [0.25, 0.3) is 0 Å². The number of nitrogens with zero attached hydrogens (tertiary/aromatic N) is 4. The molecule has 7 heteroatoms. The molecule has 0 spiro atoms. The molecule has 1 amide bonds. The van der Waals surface area contributed by atoms with Crippen LogP contribution in [0.3, 0.4) is 0 Å². The lowest BCUT2D eigenvalue weighted by atomic mass is 9.90. The first-order chi connectivity index (χ1) is 14.8. The summed E-state index contributed by atoms with van der Waals surface area (Å²) in [6.07, 6.45) is 0. The van der Waals surface area contributed by atoms with Crippen LogP contribution in [-0.2, 0) is 11.3 Å². The highest BCUT2D eigenvalue weighted by Gasteiger charge is 2.23. The SMILES string of the molecule is COc1ccc(-n2nnnc2CNC(=O)C(c2ccccc2)c2ccccc2)cc1. The van der Waals surface area contributed by atoms with E-state index in [0.717, 1.165) is 22.6 Å². The minimum absolute atomic E-state index is 0.114. The van der Waals surface area contributed by atoms with Crippen molar-refractivity contribution in [2.24, 2.45) is 0 Å². The van der Waals surface area contributed by atoms with Crippen LogP contribution in [0.4, 0.5) is 0 Å². The average molecular weight is 399 g/mol. The summed E-state index contributed by atoms with van der Waals surface area (Å²) < 4.78 is 6.79. The maximum atomic E-state index is 13.2. The highest BCUT2D eigenvalue weighted by molar-refractivity contribution is 5.87. The van der Waals surface area contributed by atoms with Gasteiger partial charge in [-0.25, -0.2) is 0 Å². The Morgan fingerprint density at radius 1 is 0.933 bits per heavy atom. The average Bonchev–Trinajstić information content (AvgIpc) is 3.28. The van der Waals surface area contributed by atoms with Crippen LogP contribution in [0.1, 0.15) is 22.9 Å². The van der Waals surface area contributed by atoms with Gasteiger partial charge in [-0.15, -0.1) is 5.10 Å². The van der Waals surface area contributed by atoms with Crippen LogP contribution in [-0.4, -0.2) is 33.2 Å². The molecule has 1 N–H and O–H groups in total. The Labute approximate surface area is 174 Å². The first-order valence-electron chi connectivity index (χ1n) is 9.55. The third-order valence-electron chi connectivity index (χ3n) is 4.80. The van der Waals surface area contributed by atoms with E-state index in [1.807, 2.05) is 84.9 Å². The van der Waals surface area contributed by atoms with Gasteiger partial charge in [0, 0.05) is 0 Å². The van der Waals surface area contributed by atoms with Crippen molar-refractivity contribution in [3.63, 3.8) is 0 Å². The van der Waals surface area contributed by atoms with Gasteiger partial charge >= 0.3 is 0 Å². The lowest BCUT2D eigenvalue weighted by molar-refractivity contribution is -0.121. The molecular formula is C23H21N5O2. The zero-order valence-corrected chi connectivity index (χ0v) is 16.5. The molecule has 0 radical (unpaired) electrons. The summed E-state index contributed by atoms with van der Waals surface area (Å²) in [5.41, 5.74) is 2.64. The minimum Gasteiger partial charge on any atom is -0.497 e.